The van der Waals surface area contributed by atoms with E-state index in [9.17, 15) is 0 Å². The van der Waals surface area contributed by atoms with Gasteiger partial charge >= 0.3 is 0 Å². The van der Waals surface area contributed by atoms with E-state index in [4.69, 9.17) is 0 Å². The van der Waals surface area contributed by atoms with Crippen molar-refractivity contribution >= 4 is 0 Å². The van der Waals surface area contributed by atoms with Crippen molar-refractivity contribution in [1.29, 1.82) is 0 Å². The fraction of sp³-hybridized carbons (Fsp3) is 0.867. The van der Waals surface area contributed by atoms with Gasteiger partial charge in [-0.15, -0.1) is 0 Å². The molecule has 0 aliphatic heterocycles. The van der Waals surface area contributed by atoms with Gasteiger partial charge in [0.15, 0.2) is 0 Å². The molecule has 4 rings (SSSR count). The zero-order valence-electron chi connectivity index (χ0n) is 10.6. The minimum absolute atomic E-state index is 0.703. The van der Waals surface area contributed by atoms with Gasteiger partial charge in [-0.2, -0.15) is 0 Å². The van der Waals surface area contributed by atoms with E-state index in [1.54, 1.807) is 5.57 Å². The monoisotopic (exact) mass is 204 g/mol. The van der Waals surface area contributed by atoms with Crippen molar-refractivity contribution in [2.24, 2.45) is 35.0 Å². The lowest BCUT2D eigenvalue weighted by Crippen LogP contribution is -2.63. The van der Waals surface area contributed by atoms with Gasteiger partial charge in [-0.3, -0.25) is 0 Å². The van der Waals surface area contributed by atoms with Gasteiger partial charge in [-0.05, 0) is 61.2 Å². The highest BCUT2D eigenvalue weighted by molar-refractivity contribution is 5.28. The number of fused-ring (bicyclic) bond motifs is 1. The van der Waals surface area contributed by atoms with Crippen LogP contribution in [0.2, 0.25) is 0 Å². The molecule has 0 N–H and O–H groups in total. The van der Waals surface area contributed by atoms with Gasteiger partial charge in [0.25, 0.3) is 0 Å². The van der Waals surface area contributed by atoms with Crippen LogP contribution in [0.25, 0.3) is 0 Å². The second-order valence-electron chi connectivity index (χ2n) is 6.80. The number of rotatable bonds is 1. The molecule has 4 bridgehead atoms. The highest BCUT2D eigenvalue weighted by Crippen LogP contribution is 2.71. The maximum Gasteiger partial charge on any atom is -0.0115 e. The van der Waals surface area contributed by atoms with Gasteiger partial charge in [0.1, 0.15) is 0 Å². The van der Waals surface area contributed by atoms with Gasteiger partial charge in [-0.1, -0.05) is 32.4 Å². The third kappa shape index (κ3) is 1.04. The van der Waals surface area contributed by atoms with Crippen molar-refractivity contribution in [3.63, 3.8) is 0 Å². The van der Waals surface area contributed by atoms with Crippen molar-refractivity contribution in [3.8, 4) is 0 Å². The van der Waals surface area contributed by atoms with E-state index in [0.29, 0.717) is 5.41 Å². The standard InChI is InChI=1S/C15H24/c1-9(2)11-7-8-15(4)12-6-5-10(3)14(15)13(11)12/h5,9,11-14H,6-8H2,1-4H3/t11-,12+,13+,14-,15-/m0/s1. The van der Waals surface area contributed by atoms with Gasteiger partial charge in [-0.25, -0.2) is 0 Å². The van der Waals surface area contributed by atoms with E-state index in [0.717, 1.165) is 29.6 Å². The molecule has 5 atom stereocenters. The molecule has 0 aromatic carbocycles. The largest absolute Gasteiger partial charge is 0.0850 e. The molecule has 0 nitrogen and oxygen atoms in total. The maximum absolute atomic E-state index is 2.56. The highest BCUT2D eigenvalue weighted by atomic mass is 14.7. The quantitative estimate of drug-likeness (QED) is 0.559. The normalized spacial score (nSPS) is 52.5. The van der Waals surface area contributed by atoms with Gasteiger partial charge in [0, 0.05) is 0 Å². The second kappa shape index (κ2) is 2.90. The van der Waals surface area contributed by atoms with Crippen LogP contribution in [0.15, 0.2) is 11.6 Å². The van der Waals surface area contributed by atoms with Gasteiger partial charge in [0.2, 0.25) is 0 Å². The molecule has 0 aromatic rings. The predicted octanol–water partition coefficient (Wildman–Crippen LogP) is 4.27. The van der Waals surface area contributed by atoms with E-state index >= 15 is 0 Å². The molecule has 2 saturated carbocycles. The van der Waals surface area contributed by atoms with Crippen LogP contribution in [0.3, 0.4) is 0 Å². The summed E-state index contributed by atoms with van der Waals surface area (Å²) in [4.78, 5) is 0. The van der Waals surface area contributed by atoms with Crippen LogP contribution in [0.4, 0.5) is 0 Å². The summed E-state index contributed by atoms with van der Waals surface area (Å²) < 4.78 is 0. The Balaban J connectivity index is 1.95. The Bertz CT molecular complexity index is 312. The lowest BCUT2D eigenvalue weighted by Gasteiger charge is -2.70. The molecule has 0 amide bonds. The molecule has 4 aliphatic rings. The Morgan fingerprint density at radius 1 is 1.40 bits per heavy atom. The van der Waals surface area contributed by atoms with Crippen LogP contribution in [0.1, 0.15) is 47.0 Å². The van der Waals surface area contributed by atoms with Crippen molar-refractivity contribution in [2.45, 2.75) is 47.0 Å². The summed E-state index contributed by atoms with van der Waals surface area (Å²) in [6.07, 6.45) is 6.90. The molecule has 15 heavy (non-hydrogen) atoms. The summed E-state index contributed by atoms with van der Waals surface area (Å²) >= 11 is 0. The summed E-state index contributed by atoms with van der Waals surface area (Å²) in [7, 11) is 0. The Morgan fingerprint density at radius 3 is 2.73 bits per heavy atom. The van der Waals surface area contributed by atoms with Gasteiger partial charge in [0.05, 0.1) is 0 Å². The summed E-state index contributed by atoms with van der Waals surface area (Å²) in [5.41, 5.74) is 2.42. The molecule has 0 saturated heterocycles. The molecule has 0 unspecified atom stereocenters. The van der Waals surface area contributed by atoms with Gasteiger partial charge < -0.3 is 0 Å². The number of hydrogen-bond donors (Lipinski definition) is 0. The Morgan fingerprint density at radius 2 is 2.13 bits per heavy atom. The fourth-order valence-corrected chi connectivity index (χ4v) is 5.25. The first-order chi connectivity index (χ1) is 7.05. The molecule has 0 heterocycles. The number of allylic oxidation sites excluding steroid dienone is 2. The molecule has 2 fully saturated rings. The third-order valence-corrected chi connectivity index (χ3v) is 5.96. The minimum atomic E-state index is 0.703. The first-order valence-electron chi connectivity index (χ1n) is 6.72. The average Bonchev–Trinajstić information content (AvgIpc) is 2.17. The SMILES string of the molecule is CC1=CC[C@@H]2[C@H]3[C@H](C(C)C)CC[C@]2(C)[C@@H]13. The lowest BCUT2D eigenvalue weighted by atomic mass is 9.34. The molecular formula is C15H24. The van der Waals surface area contributed by atoms with E-state index in [-0.39, 0.29) is 0 Å². The van der Waals surface area contributed by atoms with Crippen LogP contribution < -0.4 is 0 Å². The summed E-state index contributed by atoms with van der Waals surface area (Å²) in [6.45, 7) is 9.81. The Kier molecular flexibility index (Phi) is 1.92. The molecule has 84 valence electrons. The van der Waals surface area contributed by atoms with E-state index in [1.807, 2.05) is 0 Å². The van der Waals surface area contributed by atoms with Crippen molar-refractivity contribution in [1.82, 2.24) is 0 Å². The van der Waals surface area contributed by atoms with Crippen LogP contribution in [-0.4, -0.2) is 0 Å². The summed E-state index contributed by atoms with van der Waals surface area (Å²) in [5.74, 6) is 4.96. The first-order valence-corrected chi connectivity index (χ1v) is 6.72. The molecule has 0 spiro atoms. The predicted molar refractivity (Wildman–Crippen MR) is 64.5 cm³/mol. The van der Waals surface area contributed by atoms with Crippen LogP contribution in [0.5, 0.6) is 0 Å². The third-order valence-electron chi connectivity index (χ3n) is 5.96. The number of hydrogen-bond acceptors (Lipinski definition) is 0. The fourth-order valence-electron chi connectivity index (χ4n) is 5.25. The van der Waals surface area contributed by atoms with Crippen molar-refractivity contribution in [2.75, 3.05) is 0 Å². The van der Waals surface area contributed by atoms with E-state index in [2.05, 4.69) is 33.8 Å². The average molecular weight is 204 g/mol. The van der Waals surface area contributed by atoms with E-state index < -0.39 is 0 Å². The Labute approximate surface area is 94.1 Å². The zero-order chi connectivity index (χ0) is 10.8. The Hall–Kier alpha value is -0.260. The molecule has 0 aromatic heterocycles. The van der Waals surface area contributed by atoms with Crippen molar-refractivity contribution < 1.29 is 0 Å². The molecule has 4 aliphatic carbocycles. The topological polar surface area (TPSA) is 0 Å². The molecular weight excluding hydrogens is 180 g/mol. The lowest BCUT2D eigenvalue weighted by molar-refractivity contribution is -0.181. The zero-order valence-corrected chi connectivity index (χ0v) is 10.6. The molecule has 0 radical (unpaired) electrons. The maximum atomic E-state index is 2.56. The van der Waals surface area contributed by atoms with E-state index in [1.165, 1.54) is 19.3 Å². The van der Waals surface area contributed by atoms with Crippen LogP contribution in [0, 0.1) is 35.0 Å². The van der Waals surface area contributed by atoms with Crippen LogP contribution >= 0.6 is 0 Å². The molecule has 0 heteroatoms. The minimum Gasteiger partial charge on any atom is -0.0850 e. The smallest absolute Gasteiger partial charge is 0.0115 e. The highest BCUT2D eigenvalue weighted by Gasteiger charge is 2.64. The van der Waals surface area contributed by atoms with Crippen molar-refractivity contribution in [3.05, 3.63) is 11.6 Å². The first kappa shape index (κ1) is 9.93. The summed E-state index contributed by atoms with van der Waals surface area (Å²) in [6, 6.07) is 0. The second-order valence-corrected chi connectivity index (χ2v) is 6.80. The summed E-state index contributed by atoms with van der Waals surface area (Å²) in [5, 5.41) is 0. The van der Waals surface area contributed by atoms with Crippen LogP contribution in [-0.2, 0) is 0 Å².